The highest BCUT2D eigenvalue weighted by molar-refractivity contribution is 5.68. The number of nitrogens with zero attached hydrogens (tertiary/aromatic N) is 4. The van der Waals surface area contributed by atoms with Gasteiger partial charge < -0.3 is 9.84 Å². The number of aromatic nitrogens is 3. The van der Waals surface area contributed by atoms with Crippen molar-refractivity contribution in [1.29, 1.82) is 0 Å². The minimum Gasteiger partial charge on any atom is -0.368 e. The second kappa shape index (κ2) is 7.08. The summed E-state index contributed by atoms with van der Waals surface area (Å²) in [6.45, 7) is 9.62. The highest BCUT2D eigenvalue weighted by Gasteiger charge is 2.25. The van der Waals surface area contributed by atoms with Crippen LogP contribution in [0.3, 0.4) is 0 Å². The van der Waals surface area contributed by atoms with Gasteiger partial charge in [-0.15, -0.1) is 0 Å². The van der Waals surface area contributed by atoms with Crippen LogP contribution in [0.25, 0.3) is 11.5 Å². The zero-order valence-corrected chi connectivity index (χ0v) is 14.1. The van der Waals surface area contributed by atoms with Gasteiger partial charge in [0.25, 0.3) is 5.89 Å². The Bertz CT molecular complexity index is 639. The van der Waals surface area contributed by atoms with Crippen LogP contribution in [0.5, 0.6) is 0 Å². The summed E-state index contributed by atoms with van der Waals surface area (Å²) >= 11 is 0. The van der Waals surface area contributed by atoms with Gasteiger partial charge in [0.1, 0.15) is 5.82 Å². The number of hydrogen-bond donors (Lipinski definition) is 1. The van der Waals surface area contributed by atoms with E-state index in [9.17, 15) is 0 Å². The Balaban J connectivity index is 1.69. The van der Waals surface area contributed by atoms with E-state index in [1.165, 1.54) is 19.4 Å². The van der Waals surface area contributed by atoms with Crippen molar-refractivity contribution in [3.8, 4) is 11.5 Å². The number of rotatable bonds is 6. The predicted molar refractivity (Wildman–Crippen MR) is 90.2 cm³/mol. The lowest BCUT2D eigenvalue weighted by Gasteiger charge is -2.26. The number of likely N-dealkylation sites (tertiary alicyclic amines) is 1. The Labute approximate surface area is 137 Å². The van der Waals surface area contributed by atoms with E-state index < -0.39 is 0 Å². The molecule has 0 bridgehead atoms. The molecular formula is C17H25N5O. The second-order valence-corrected chi connectivity index (χ2v) is 6.61. The first-order chi connectivity index (χ1) is 11.1. The molecule has 0 saturated carbocycles. The van der Waals surface area contributed by atoms with E-state index in [4.69, 9.17) is 4.52 Å². The molecule has 1 saturated heterocycles. The summed E-state index contributed by atoms with van der Waals surface area (Å²) < 4.78 is 5.29. The van der Waals surface area contributed by atoms with Crippen molar-refractivity contribution < 1.29 is 4.52 Å². The van der Waals surface area contributed by atoms with Gasteiger partial charge >= 0.3 is 0 Å². The number of aryl methyl sites for hydroxylation is 1. The van der Waals surface area contributed by atoms with Gasteiger partial charge in [-0.3, -0.25) is 4.90 Å². The van der Waals surface area contributed by atoms with Crippen molar-refractivity contribution in [3.05, 3.63) is 24.2 Å². The smallest absolute Gasteiger partial charge is 0.261 e. The molecule has 1 N–H and O–H groups in total. The van der Waals surface area contributed by atoms with Crippen LogP contribution in [0.4, 0.5) is 5.82 Å². The molecule has 6 heteroatoms. The maximum Gasteiger partial charge on any atom is 0.261 e. The molecule has 1 fully saturated rings. The fourth-order valence-electron chi connectivity index (χ4n) is 3.18. The molecular weight excluding hydrogens is 290 g/mol. The Morgan fingerprint density at radius 3 is 3.04 bits per heavy atom. The molecule has 2 aromatic heterocycles. The largest absolute Gasteiger partial charge is 0.368 e. The Morgan fingerprint density at radius 2 is 2.30 bits per heavy atom. The van der Waals surface area contributed by atoms with E-state index in [0.717, 1.165) is 24.5 Å². The predicted octanol–water partition coefficient (Wildman–Crippen LogP) is 2.97. The lowest BCUT2D eigenvalue weighted by atomic mass is 10.1. The zero-order chi connectivity index (χ0) is 16.2. The van der Waals surface area contributed by atoms with Crippen LogP contribution in [-0.2, 0) is 0 Å². The molecule has 0 aliphatic carbocycles. The summed E-state index contributed by atoms with van der Waals surface area (Å²) in [5.74, 6) is 2.66. The Kier molecular flexibility index (Phi) is 4.91. The van der Waals surface area contributed by atoms with Crippen LogP contribution in [0.15, 0.2) is 22.9 Å². The van der Waals surface area contributed by atoms with Crippen molar-refractivity contribution in [1.82, 2.24) is 20.0 Å². The van der Waals surface area contributed by atoms with E-state index in [2.05, 4.69) is 39.2 Å². The van der Waals surface area contributed by atoms with Crippen LogP contribution in [0.1, 0.15) is 32.5 Å². The molecule has 0 spiro atoms. The standard InChI is InChI=1S/C17H25N5O/c1-12(2)11-22-9-5-6-14(22)10-19-16-15(7-4-8-18-16)17-20-13(3)21-23-17/h4,7-8,12,14H,5-6,9-11H2,1-3H3,(H,18,19)/t14-/m0/s1. The molecule has 1 atom stereocenters. The van der Waals surface area contributed by atoms with Crippen LogP contribution >= 0.6 is 0 Å². The summed E-state index contributed by atoms with van der Waals surface area (Å²) in [5, 5.41) is 7.35. The van der Waals surface area contributed by atoms with Gasteiger partial charge in [0.15, 0.2) is 5.82 Å². The quantitative estimate of drug-likeness (QED) is 0.884. The van der Waals surface area contributed by atoms with E-state index in [0.29, 0.717) is 23.7 Å². The third-order valence-electron chi connectivity index (χ3n) is 4.17. The van der Waals surface area contributed by atoms with E-state index in [1.54, 1.807) is 6.20 Å². The van der Waals surface area contributed by atoms with Gasteiger partial charge in [0.2, 0.25) is 0 Å². The number of anilines is 1. The molecule has 23 heavy (non-hydrogen) atoms. The zero-order valence-electron chi connectivity index (χ0n) is 14.1. The molecule has 6 nitrogen and oxygen atoms in total. The first-order valence-electron chi connectivity index (χ1n) is 8.37. The first kappa shape index (κ1) is 15.9. The van der Waals surface area contributed by atoms with Crippen LogP contribution in [0, 0.1) is 12.8 Å². The monoisotopic (exact) mass is 315 g/mol. The van der Waals surface area contributed by atoms with Crippen molar-refractivity contribution in [2.24, 2.45) is 5.92 Å². The normalized spacial score (nSPS) is 18.7. The molecule has 0 unspecified atom stereocenters. The minimum absolute atomic E-state index is 0.517. The lowest BCUT2D eigenvalue weighted by Crippen LogP contribution is -2.37. The van der Waals surface area contributed by atoms with E-state index in [1.807, 2.05) is 19.1 Å². The maximum atomic E-state index is 5.29. The molecule has 1 aliphatic rings. The van der Waals surface area contributed by atoms with Crippen LogP contribution < -0.4 is 5.32 Å². The molecule has 0 aromatic carbocycles. The first-order valence-corrected chi connectivity index (χ1v) is 8.37. The maximum absolute atomic E-state index is 5.29. The summed E-state index contributed by atoms with van der Waals surface area (Å²) in [4.78, 5) is 11.3. The highest BCUT2D eigenvalue weighted by Crippen LogP contribution is 2.25. The fourth-order valence-corrected chi connectivity index (χ4v) is 3.18. The molecule has 0 radical (unpaired) electrons. The summed E-state index contributed by atoms with van der Waals surface area (Å²) in [6.07, 6.45) is 4.30. The molecule has 124 valence electrons. The van der Waals surface area contributed by atoms with Crippen LogP contribution in [0.2, 0.25) is 0 Å². The molecule has 0 amide bonds. The fraction of sp³-hybridized carbons (Fsp3) is 0.588. The average molecular weight is 315 g/mol. The van der Waals surface area contributed by atoms with Crippen molar-refractivity contribution >= 4 is 5.82 Å². The third kappa shape index (κ3) is 3.88. The van der Waals surface area contributed by atoms with E-state index in [-0.39, 0.29) is 0 Å². The third-order valence-corrected chi connectivity index (χ3v) is 4.17. The number of nitrogens with one attached hydrogen (secondary N) is 1. The van der Waals surface area contributed by atoms with Gasteiger partial charge in [-0.05, 0) is 44.4 Å². The highest BCUT2D eigenvalue weighted by atomic mass is 16.5. The summed E-state index contributed by atoms with van der Waals surface area (Å²) in [7, 11) is 0. The van der Waals surface area contributed by atoms with Gasteiger partial charge in [-0.1, -0.05) is 19.0 Å². The Morgan fingerprint density at radius 1 is 1.43 bits per heavy atom. The SMILES string of the molecule is Cc1noc(-c2cccnc2NC[C@@H]2CCCN2CC(C)C)n1. The van der Waals surface area contributed by atoms with Crippen LogP contribution in [-0.4, -0.2) is 45.7 Å². The second-order valence-electron chi connectivity index (χ2n) is 6.61. The van der Waals surface area contributed by atoms with Crippen molar-refractivity contribution in [2.45, 2.75) is 39.7 Å². The topological polar surface area (TPSA) is 67.1 Å². The lowest BCUT2D eigenvalue weighted by molar-refractivity contribution is 0.234. The molecule has 3 rings (SSSR count). The minimum atomic E-state index is 0.517. The van der Waals surface area contributed by atoms with Gasteiger partial charge in [0, 0.05) is 25.3 Å². The number of hydrogen-bond acceptors (Lipinski definition) is 6. The van der Waals surface area contributed by atoms with Gasteiger partial charge in [0.05, 0.1) is 5.56 Å². The van der Waals surface area contributed by atoms with E-state index >= 15 is 0 Å². The van der Waals surface area contributed by atoms with Crippen molar-refractivity contribution in [3.63, 3.8) is 0 Å². The van der Waals surface area contributed by atoms with Crippen molar-refractivity contribution in [2.75, 3.05) is 25.0 Å². The van der Waals surface area contributed by atoms with Gasteiger partial charge in [-0.25, -0.2) is 4.98 Å². The summed E-state index contributed by atoms with van der Waals surface area (Å²) in [6, 6.07) is 4.42. The summed E-state index contributed by atoms with van der Waals surface area (Å²) in [5.41, 5.74) is 0.863. The van der Waals surface area contributed by atoms with Gasteiger partial charge in [-0.2, -0.15) is 4.98 Å². The number of pyridine rings is 1. The Hall–Kier alpha value is -1.95. The molecule has 1 aliphatic heterocycles. The molecule has 3 heterocycles. The average Bonchev–Trinajstić information content (AvgIpc) is 3.14. The molecule has 2 aromatic rings.